The first kappa shape index (κ1) is 15.1. The van der Waals surface area contributed by atoms with Gasteiger partial charge in [0.25, 0.3) is 0 Å². The summed E-state index contributed by atoms with van der Waals surface area (Å²) in [6, 6.07) is 10.6. The van der Waals surface area contributed by atoms with Crippen LogP contribution in [0.4, 0.5) is 0 Å². The molecule has 2 nitrogen and oxygen atoms in total. The number of rotatable bonds is 6. The molecule has 0 spiro atoms. The normalized spacial score (nSPS) is 11.1. The van der Waals surface area contributed by atoms with Crippen LogP contribution in [0, 0.1) is 13.8 Å². The average molecular weight is 289 g/mol. The van der Waals surface area contributed by atoms with Crippen LogP contribution in [0.25, 0.3) is 0 Å². The molecule has 0 bridgehead atoms. The number of ether oxygens (including phenoxy) is 1. The molecule has 3 heteroatoms. The molecule has 0 aliphatic heterocycles. The summed E-state index contributed by atoms with van der Waals surface area (Å²) < 4.78 is 5.64. The largest absolute Gasteiger partial charge is 0.491 e. The minimum atomic E-state index is 0.226. The number of hydrogen-bond acceptors (Lipinski definition) is 3. The van der Waals surface area contributed by atoms with Crippen LogP contribution in [0.1, 0.15) is 34.7 Å². The van der Waals surface area contributed by atoms with Crippen molar-refractivity contribution in [1.82, 2.24) is 5.32 Å². The highest BCUT2D eigenvalue weighted by Crippen LogP contribution is 2.20. The predicted molar refractivity (Wildman–Crippen MR) is 86.5 cm³/mol. The van der Waals surface area contributed by atoms with Crippen molar-refractivity contribution < 1.29 is 4.74 Å². The van der Waals surface area contributed by atoms with Crippen molar-refractivity contribution in [2.45, 2.75) is 46.9 Å². The quantitative estimate of drug-likeness (QED) is 0.848. The van der Waals surface area contributed by atoms with Gasteiger partial charge in [-0.25, -0.2) is 0 Å². The highest BCUT2D eigenvalue weighted by Gasteiger charge is 2.02. The summed E-state index contributed by atoms with van der Waals surface area (Å²) >= 11 is 1.88. The Morgan fingerprint density at radius 2 is 1.80 bits per heavy atom. The number of hydrogen-bond donors (Lipinski definition) is 1. The smallest absolute Gasteiger partial charge is 0.119 e. The Morgan fingerprint density at radius 1 is 1.10 bits per heavy atom. The third kappa shape index (κ3) is 4.36. The Bertz CT molecular complexity index is 523. The fourth-order valence-electron chi connectivity index (χ4n) is 2.02. The Hall–Kier alpha value is -1.32. The molecule has 0 atom stereocenters. The minimum Gasteiger partial charge on any atom is -0.491 e. The van der Waals surface area contributed by atoms with Gasteiger partial charge in [-0.2, -0.15) is 0 Å². The third-order valence-electron chi connectivity index (χ3n) is 3.14. The molecule has 1 heterocycles. The lowest BCUT2D eigenvalue weighted by molar-refractivity contribution is 0.242. The van der Waals surface area contributed by atoms with Crippen molar-refractivity contribution in [3.8, 4) is 5.75 Å². The summed E-state index contributed by atoms with van der Waals surface area (Å²) in [7, 11) is 0. The van der Waals surface area contributed by atoms with Gasteiger partial charge in [-0.3, -0.25) is 0 Å². The fourth-order valence-corrected chi connectivity index (χ4v) is 3.05. The molecule has 0 aliphatic carbocycles. The van der Waals surface area contributed by atoms with Crippen LogP contribution in [-0.2, 0) is 13.1 Å². The van der Waals surface area contributed by atoms with Crippen molar-refractivity contribution in [2.24, 2.45) is 0 Å². The van der Waals surface area contributed by atoms with E-state index in [9.17, 15) is 0 Å². The molecular formula is C17H23NOS. The lowest BCUT2D eigenvalue weighted by Gasteiger charge is -2.10. The summed E-state index contributed by atoms with van der Waals surface area (Å²) in [5, 5.41) is 3.49. The second-order valence-electron chi connectivity index (χ2n) is 5.37. The van der Waals surface area contributed by atoms with Crippen LogP contribution in [0.2, 0.25) is 0 Å². The molecule has 20 heavy (non-hydrogen) atoms. The lowest BCUT2D eigenvalue weighted by Crippen LogP contribution is -2.11. The maximum absolute atomic E-state index is 5.64. The molecule has 0 saturated heterocycles. The van der Waals surface area contributed by atoms with Gasteiger partial charge in [-0.1, -0.05) is 12.1 Å². The van der Waals surface area contributed by atoms with Crippen LogP contribution >= 0.6 is 11.3 Å². The standard InChI is InChI=1S/C17H23NOS/c1-12(2)19-16-7-5-15(6-8-16)10-18-11-17-9-13(3)14(4)20-17/h5-9,12,18H,10-11H2,1-4H3. The highest BCUT2D eigenvalue weighted by atomic mass is 32.1. The molecule has 1 N–H and O–H groups in total. The molecule has 108 valence electrons. The number of aryl methyl sites for hydroxylation is 2. The highest BCUT2D eigenvalue weighted by molar-refractivity contribution is 7.12. The molecule has 2 rings (SSSR count). The van der Waals surface area contributed by atoms with Crippen molar-refractivity contribution in [2.75, 3.05) is 0 Å². The molecule has 0 fully saturated rings. The maximum Gasteiger partial charge on any atom is 0.119 e. The van der Waals surface area contributed by atoms with Crippen molar-refractivity contribution in [1.29, 1.82) is 0 Å². The SMILES string of the molecule is Cc1cc(CNCc2ccc(OC(C)C)cc2)sc1C. The first-order chi connectivity index (χ1) is 9.54. The van der Waals surface area contributed by atoms with Crippen molar-refractivity contribution in [3.05, 3.63) is 51.2 Å². The summed E-state index contributed by atoms with van der Waals surface area (Å²) in [4.78, 5) is 2.82. The van der Waals surface area contributed by atoms with E-state index in [1.807, 2.05) is 37.3 Å². The Kier molecular flexibility index (Phi) is 5.21. The minimum absolute atomic E-state index is 0.226. The first-order valence-corrected chi connectivity index (χ1v) is 7.88. The van der Waals surface area contributed by atoms with E-state index in [-0.39, 0.29) is 6.10 Å². The van der Waals surface area contributed by atoms with Crippen LogP contribution in [0.3, 0.4) is 0 Å². The molecule has 2 aromatic rings. The van der Waals surface area contributed by atoms with E-state index in [1.54, 1.807) is 0 Å². The molecule has 0 radical (unpaired) electrons. The van der Waals surface area contributed by atoms with Crippen molar-refractivity contribution in [3.63, 3.8) is 0 Å². The second-order valence-corrected chi connectivity index (χ2v) is 6.71. The number of benzene rings is 1. The summed E-state index contributed by atoms with van der Waals surface area (Å²) in [5.74, 6) is 0.938. The van der Waals surface area contributed by atoms with Crippen LogP contribution < -0.4 is 10.1 Å². The zero-order valence-corrected chi connectivity index (χ0v) is 13.5. The average Bonchev–Trinajstić information content (AvgIpc) is 2.70. The van der Waals surface area contributed by atoms with E-state index >= 15 is 0 Å². The summed E-state index contributed by atoms with van der Waals surface area (Å²) in [5.41, 5.74) is 2.67. The predicted octanol–water partition coefficient (Wildman–Crippen LogP) is 4.44. The summed E-state index contributed by atoms with van der Waals surface area (Å²) in [6.07, 6.45) is 0.226. The van der Waals surface area contributed by atoms with E-state index in [0.29, 0.717) is 0 Å². The van der Waals surface area contributed by atoms with Crippen molar-refractivity contribution >= 4 is 11.3 Å². The lowest BCUT2D eigenvalue weighted by atomic mass is 10.2. The number of thiophene rings is 1. The van der Waals surface area contributed by atoms with Gasteiger partial charge in [0.1, 0.15) is 5.75 Å². The van der Waals surface area contributed by atoms with Gasteiger partial charge in [0, 0.05) is 22.8 Å². The molecule has 0 amide bonds. The van der Waals surface area contributed by atoms with Gasteiger partial charge in [0.2, 0.25) is 0 Å². The van der Waals surface area contributed by atoms with Gasteiger partial charge in [-0.05, 0) is 57.0 Å². The zero-order valence-electron chi connectivity index (χ0n) is 12.7. The third-order valence-corrected chi connectivity index (χ3v) is 4.29. The molecule has 1 aromatic carbocycles. The monoisotopic (exact) mass is 289 g/mol. The summed E-state index contributed by atoms with van der Waals surface area (Å²) in [6.45, 7) is 10.3. The van der Waals surface area contributed by atoms with E-state index < -0.39 is 0 Å². The van der Waals surface area contributed by atoms with Crippen LogP contribution in [-0.4, -0.2) is 6.10 Å². The first-order valence-electron chi connectivity index (χ1n) is 7.07. The number of nitrogens with one attached hydrogen (secondary N) is 1. The van der Waals surface area contributed by atoms with Gasteiger partial charge >= 0.3 is 0 Å². The van der Waals surface area contributed by atoms with Gasteiger partial charge in [-0.15, -0.1) is 11.3 Å². The molecule has 0 unspecified atom stereocenters. The molecular weight excluding hydrogens is 266 g/mol. The topological polar surface area (TPSA) is 21.3 Å². The van der Waals surface area contributed by atoms with E-state index in [0.717, 1.165) is 18.8 Å². The van der Waals surface area contributed by atoms with E-state index in [1.165, 1.54) is 20.9 Å². The zero-order chi connectivity index (χ0) is 14.5. The van der Waals surface area contributed by atoms with Gasteiger partial charge in [0.15, 0.2) is 0 Å². The van der Waals surface area contributed by atoms with Crippen LogP contribution in [0.15, 0.2) is 30.3 Å². The molecule has 0 aliphatic rings. The fraction of sp³-hybridized carbons (Fsp3) is 0.412. The Balaban J connectivity index is 1.82. The Morgan fingerprint density at radius 3 is 2.35 bits per heavy atom. The van der Waals surface area contributed by atoms with E-state index in [2.05, 4.69) is 37.4 Å². The second kappa shape index (κ2) is 6.91. The van der Waals surface area contributed by atoms with Crippen LogP contribution in [0.5, 0.6) is 5.75 Å². The Labute approximate surface area is 125 Å². The molecule has 0 saturated carbocycles. The molecule has 1 aromatic heterocycles. The maximum atomic E-state index is 5.64. The van der Waals surface area contributed by atoms with E-state index in [4.69, 9.17) is 4.74 Å². The van der Waals surface area contributed by atoms with Gasteiger partial charge < -0.3 is 10.1 Å². The van der Waals surface area contributed by atoms with Gasteiger partial charge in [0.05, 0.1) is 6.10 Å².